The van der Waals surface area contributed by atoms with E-state index >= 15 is 0 Å². The molecule has 152 valence electrons. The summed E-state index contributed by atoms with van der Waals surface area (Å²) < 4.78 is 27.3. The number of nitrogens with two attached hydrogens (primary N) is 4. The number of hydrogen-bond donors (Lipinski definition) is 4. The van der Waals surface area contributed by atoms with Gasteiger partial charge in [0.2, 0.25) is 0 Å². The molecule has 0 spiro atoms. The van der Waals surface area contributed by atoms with Crippen LogP contribution < -0.4 is 22.9 Å². The summed E-state index contributed by atoms with van der Waals surface area (Å²) >= 11 is 0. The fourth-order valence-electron chi connectivity index (χ4n) is 1.98. The molecule has 0 bridgehead atoms. The van der Waals surface area contributed by atoms with E-state index in [4.69, 9.17) is 46.6 Å². The van der Waals surface area contributed by atoms with E-state index in [1.165, 1.54) is 0 Å². The van der Waals surface area contributed by atoms with Gasteiger partial charge in [0.05, 0.1) is 65.0 Å². The normalized spacial score (nSPS) is 13.9. The molecule has 0 rings (SSSR count). The van der Waals surface area contributed by atoms with Crippen LogP contribution in [0.1, 0.15) is 12.8 Å². The highest BCUT2D eigenvalue weighted by Crippen LogP contribution is 2.03. The van der Waals surface area contributed by atoms with Crippen LogP contribution in [0.15, 0.2) is 0 Å². The Morgan fingerprint density at radius 1 is 0.600 bits per heavy atom. The van der Waals surface area contributed by atoms with Crippen LogP contribution >= 0.6 is 0 Å². The fourth-order valence-corrected chi connectivity index (χ4v) is 1.98. The first-order valence-electron chi connectivity index (χ1n) is 9.04. The van der Waals surface area contributed by atoms with Crippen molar-refractivity contribution in [1.29, 1.82) is 0 Å². The Morgan fingerprint density at radius 2 is 1.20 bits per heavy atom. The second-order valence-electron chi connectivity index (χ2n) is 5.49. The van der Waals surface area contributed by atoms with E-state index in [1.807, 2.05) is 0 Å². The van der Waals surface area contributed by atoms with Gasteiger partial charge in [0, 0.05) is 13.2 Å². The van der Waals surface area contributed by atoms with Crippen LogP contribution in [0.3, 0.4) is 0 Å². The highest BCUT2D eigenvalue weighted by Gasteiger charge is 2.18. The molecule has 2 atom stereocenters. The first-order chi connectivity index (χ1) is 12.3. The van der Waals surface area contributed by atoms with Crippen LogP contribution in [-0.2, 0) is 23.7 Å². The lowest BCUT2D eigenvalue weighted by Gasteiger charge is -2.24. The molecule has 8 N–H and O–H groups in total. The van der Waals surface area contributed by atoms with Gasteiger partial charge in [-0.25, -0.2) is 0 Å². The van der Waals surface area contributed by atoms with Crippen molar-refractivity contribution in [2.45, 2.75) is 25.0 Å². The van der Waals surface area contributed by atoms with Crippen LogP contribution in [-0.4, -0.2) is 91.2 Å². The van der Waals surface area contributed by atoms with Crippen molar-refractivity contribution in [2.75, 3.05) is 79.1 Å². The molecule has 0 heterocycles. The van der Waals surface area contributed by atoms with Crippen molar-refractivity contribution in [3.05, 3.63) is 0 Å². The molecule has 0 fully saturated rings. The van der Waals surface area contributed by atoms with E-state index in [1.54, 1.807) is 0 Å². The first kappa shape index (κ1) is 24.6. The third-order valence-electron chi connectivity index (χ3n) is 3.30. The van der Waals surface area contributed by atoms with Crippen molar-refractivity contribution >= 4 is 0 Å². The van der Waals surface area contributed by atoms with Gasteiger partial charge in [0.1, 0.15) is 0 Å². The minimum atomic E-state index is -0.238. The third kappa shape index (κ3) is 16.8. The molecule has 2 unspecified atom stereocenters. The van der Waals surface area contributed by atoms with Crippen molar-refractivity contribution < 1.29 is 23.7 Å². The zero-order chi connectivity index (χ0) is 18.6. The summed E-state index contributed by atoms with van der Waals surface area (Å²) in [5.41, 5.74) is 22.4. The fraction of sp³-hybridized carbons (Fsp3) is 1.00. The highest BCUT2D eigenvalue weighted by molar-refractivity contribution is 4.73. The molecule has 0 aromatic carbocycles. The van der Waals surface area contributed by atoms with E-state index in [2.05, 4.69) is 0 Å². The molecular formula is C16H38N4O5. The average Bonchev–Trinajstić information content (AvgIpc) is 2.62. The Hall–Kier alpha value is -0.360. The zero-order valence-electron chi connectivity index (χ0n) is 15.4. The molecule has 0 radical (unpaired) electrons. The molecule has 0 saturated heterocycles. The van der Waals surface area contributed by atoms with Gasteiger partial charge >= 0.3 is 0 Å². The lowest BCUT2D eigenvalue weighted by Crippen LogP contribution is -2.42. The Balaban J connectivity index is 3.64. The molecule has 0 aromatic rings. The number of ether oxygens (including phenoxy) is 5. The molecule has 25 heavy (non-hydrogen) atoms. The topological polar surface area (TPSA) is 150 Å². The van der Waals surface area contributed by atoms with Crippen molar-refractivity contribution in [1.82, 2.24) is 0 Å². The number of rotatable bonds is 20. The maximum Gasteiger partial charge on any atom is 0.0761 e. The molecule has 9 nitrogen and oxygen atoms in total. The van der Waals surface area contributed by atoms with Crippen LogP contribution in [0.25, 0.3) is 0 Å². The van der Waals surface area contributed by atoms with E-state index in [9.17, 15) is 0 Å². The summed E-state index contributed by atoms with van der Waals surface area (Å²) in [4.78, 5) is 0. The Labute approximate surface area is 151 Å². The molecule has 0 saturated carbocycles. The minimum absolute atomic E-state index is 0.153. The summed E-state index contributed by atoms with van der Waals surface area (Å²) in [7, 11) is 0. The summed E-state index contributed by atoms with van der Waals surface area (Å²) in [6.45, 7) is 6.29. The smallest absolute Gasteiger partial charge is 0.0761 e. The lowest BCUT2D eigenvalue weighted by atomic mass is 10.1. The quantitative estimate of drug-likeness (QED) is 0.187. The van der Waals surface area contributed by atoms with Crippen molar-refractivity contribution in [3.63, 3.8) is 0 Å². The highest BCUT2D eigenvalue weighted by atomic mass is 16.5. The molecule has 0 amide bonds. The van der Waals surface area contributed by atoms with Crippen LogP contribution in [0.2, 0.25) is 0 Å². The van der Waals surface area contributed by atoms with Crippen molar-refractivity contribution in [2.24, 2.45) is 22.9 Å². The summed E-state index contributed by atoms with van der Waals surface area (Å²) in [5.74, 6) is 0. The van der Waals surface area contributed by atoms with E-state index in [0.717, 1.165) is 6.42 Å². The third-order valence-corrected chi connectivity index (χ3v) is 3.30. The molecule has 0 aliphatic rings. The first-order valence-corrected chi connectivity index (χ1v) is 9.04. The van der Waals surface area contributed by atoms with E-state index in [-0.39, 0.29) is 12.1 Å². The van der Waals surface area contributed by atoms with Gasteiger partial charge in [0.25, 0.3) is 0 Å². The molecular weight excluding hydrogens is 328 g/mol. The van der Waals surface area contributed by atoms with Crippen molar-refractivity contribution in [3.8, 4) is 0 Å². The largest absolute Gasteiger partial charge is 0.379 e. The Bertz CT molecular complexity index is 265. The number of hydrogen-bond acceptors (Lipinski definition) is 9. The molecule has 0 aliphatic heterocycles. The predicted molar refractivity (Wildman–Crippen MR) is 97.4 cm³/mol. The van der Waals surface area contributed by atoms with Crippen LogP contribution in [0.5, 0.6) is 0 Å². The van der Waals surface area contributed by atoms with Gasteiger partial charge in [0.15, 0.2) is 0 Å². The predicted octanol–water partition coefficient (Wildman–Crippen LogP) is -1.58. The monoisotopic (exact) mass is 366 g/mol. The zero-order valence-corrected chi connectivity index (χ0v) is 15.4. The lowest BCUT2D eigenvalue weighted by molar-refractivity contribution is -0.0360. The summed E-state index contributed by atoms with van der Waals surface area (Å²) in [5, 5.41) is 0. The van der Waals surface area contributed by atoms with Gasteiger partial charge in [-0.1, -0.05) is 0 Å². The van der Waals surface area contributed by atoms with Gasteiger partial charge in [-0.15, -0.1) is 0 Å². The van der Waals surface area contributed by atoms with Gasteiger partial charge in [-0.05, 0) is 25.9 Å². The maximum atomic E-state index is 6.12. The van der Waals surface area contributed by atoms with Gasteiger partial charge in [-0.3, -0.25) is 0 Å². The Morgan fingerprint density at radius 3 is 1.84 bits per heavy atom. The molecule has 9 heteroatoms. The van der Waals surface area contributed by atoms with E-state index in [0.29, 0.717) is 85.5 Å². The minimum Gasteiger partial charge on any atom is -0.379 e. The molecule has 0 aliphatic carbocycles. The SMILES string of the molecule is NCCCOCCOCCOC(CCN)C(N)COCCOCCN. The standard InChI is InChI=1S/C16H38N4O5/c17-3-1-6-21-8-9-23-12-13-25-16(2-4-18)15(20)14-24-11-10-22-7-5-19/h15-16H,1-14,17-20H2. The van der Waals surface area contributed by atoms with Crippen LogP contribution in [0, 0.1) is 0 Å². The van der Waals surface area contributed by atoms with Crippen LogP contribution in [0.4, 0.5) is 0 Å². The Kier molecular flexibility index (Phi) is 19.7. The molecule has 0 aromatic heterocycles. The maximum absolute atomic E-state index is 6.12. The summed E-state index contributed by atoms with van der Waals surface area (Å²) in [6, 6.07) is -0.238. The second-order valence-corrected chi connectivity index (χ2v) is 5.49. The van der Waals surface area contributed by atoms with E-state index < -0.39 is 0 Å². The van der Waals surface area contributed by atoms with Gasteiger partial charge in [-0.2, -0.15) is 0 Å². The van der Waals surface area contributed by atoms with Gasteiger partial charge < -0.3 is 46.6 Å². The average molecular weight is 367 g/mol. The second kappa shape index (κ2) is 20.0. The summed E-state index contributed by atoms with van der Waals surface area (Å²) in [6.07, 6.45) is 1.39.